The summed E-state index contributed by atoms with van der Waals surface area (Å²) in [5.74, 6) is 1.07. The Balaban J connectivity index is 1.61. The van der Waals surface area contributed by atoms with Crippen LogP contribution < -0.4 is 4.74 Å². The van der Waals surface area contributed by atoms with Gasteiger partial charge >= 0.3 is 0 Å². The highest BCUT2D eigenvalue weighted by molar-refractivity contribution is 5.90. The lowest BCUT2D eigenvalue weighted by Gasteiger charge is -2.68. The molecule has 0 aromatic heterocycles. The van der Waals surface area contributed by atoms with E-state index in [1.807, 2.05) is 6.07 Å². The molecule has 0 amide bonds. The number of hydroxylamine groups is 3. The monoisotopic (exact) mass is 397 g/mol. The van der Waals surface area contributed by atoms with E-state index in [9.17, 15) is 15.1 Å². The number of ketones is 1. The predicted molar refractivity (Wildman–Crippen MR) is 106 cm³/mol. The highest BCUT2D eigenvalue weighted by atomic mass is 16.6. The fourth-order valence-electron chi connectivity index (χ4n) is 7.01. The molecule has 1 saturated heterocycles. The van der Waals surface area contributed by atoms with Crippen LogP contribution in [0, 0.1) is 11.1 Å². The molecule has 2 saturated carbocycles. The van der Waals surface area contributed by atoms with Crippen LogP contribution in [0.3, 0.4) is 0 Å². The summed E-state index contributed by atoms with van der Waals surface area (Å²) in [6.45, 7) is 5.28. The van der Waals surface area contributed by atoms with Gasteiger partial charge in [0.15, 0.2) is 23.4 Å². The molecule has 3 aliphatic carbocycles. The lowest BCUT2D eigenvalue weighted by Crippen LogP contribution is -2.81. The van der Waals surface area contributed by atoms with E-state index in [2.05, 4.69) is 6.58 Å². The lowest BCUT2D eigenvalue weighted by molar-refractivity contribution is -0.924. The normalized spacial score (nSPS) is 41.6. The van der Waals surface area contributed by atoms with Crippen molar-refractivity contribution in [2.75, 3.05) is 19.7 Å². The second-order valence-electron chi connectivity index (χ2n) is 9.64. The van der Waals surface area contributed by atoms with Gasteiger partial charge in [-0.1, -0.05) is 12.1 Å². The number of benzene rings is 1. The molecule has 2 unspecified atom stereocenters. The van der Waals surface area contributed by atoms with Gasteiger partial charge in [0.05, 0.1) is 25.1 Å². The highest BCUT2D eigenvalue weighted by Gasteiger charge is 2.77. The van der Waals surface area contributed by atoms with E-state index in [-0.39, 0.29) is 22.2 Å². The average Bonchev–Trinajstić information content (AvgIpc) is 3.43. The van der Waals surface area contributed by atoms with Crippen molar-refractivity contribution in [3.8, 4) is 11.5 Å². The van der Waals surface area contributed by atoms with Crippen molar-refractivity contribution in [2.24, 2.45) is 5.92 Å². The summed E-state index contributed by atoms with van der Waals surface area (Å²) in [4.78, 5) is 13.0. The number of carbonyl (C=O) groups is 1. The zero-order valence-corrected chi connectivity index (χ0v) is 16.6. The Bertz CT molecular complexity index is 922. The molecule has 1 aromatic carbocycles. The molecule has 2 aliphatic heterocycles. The fourth-order valence-corrected chi connectivity index (χ4v) is 7.01. The van der Waals surface area contributed by atoms with Crippen molar-refractivity contribution >= 4 is 5.78 Å². The van der Waals surface area contributed by atoms with Crippen LogP contribution >= 0.6 is 0 Å². The minimum Gasteiger partial charge on any atom is -0.632 e. The van der Waals surface area contributed by atoms with Crippen molar-refractivity contribution < 1.29 is 24.0 Å². The van der Waals surface area contributed by atoms with E-state index in [0.717, 1.165) is 24.0 Å². The number of ether oxygens (including phenoxy) is 2. The van der Waals surface area contributed by atoms with Crippen molar-refractivity contribution in [3.05, 3.63) is 41.1 Å². The second-order valence-corrected chi connectivity index (χ2v) is 9.64. The minimum absolute atomic E-state index is 0.0538. The number of Topliss-reactive ketones (excluding diaryl/α,β-unsaturated/α-hetero) is 1. The van der Waals surface area contributed by atoms with Gasteiger partial charge in [-0.2, -0.15) is 0 Å². The Morgan fingerprint density at radius 2 is 2.21 bits per heavy atom. The molecular formula is C23H27NO5. The third-order valence-corrected chi connectivity index (χ3v) is 8.27. The molecule has 5 aliphatic rings. The van der Waals surface area contributed by atoms with E-state index in [1.165, 1.54) is 0 Å². The van der Waals surface area contributed by atoms with E-state index in [0.29, 0.717) is 57.0 Å². The number of rotatable bonds is 5. The van der Waals surface area contributed by atoms with Gasteiger partial charge < -0.3 is 24.4 Å². The van der Waals surface area contributed by atoms with Crippen molar-refractivity contribution in [2.45, 2.75) is 61.7 Å². The molecule has 6 heteroatoms. The number of nitrogens with zero attached hydrogens (tertiary/aromatic N) is 1. The van der Waals surface area contributed by atoms with E-state index in [1.54, 1.807) is 12.1 Å². The number of phenolic OH excluding ortho intramolecular Hbond substituents is 1. The summed E-state index contributed by atoms with van der Waals surface area (Å²) in [6, 6.07) is 3.29. The van der Waals surface area contributed by atoms with Gasteiger partial charge in [0, 0.05) is 30.7 Å². The van der Waals surface area contributed by atoms with Gasteiger partial charge in [0.25, 0.3) is 0 Å². The number of hydrogen-bond acceptors (Lipinski definition) is 5. The SMILES string of the molecule is C=CCO[C@@]12CCC(=O)[C@@H]3Oc4c(O)ccc5c4C31CC[N+]([O-])(CC1CC1)[C@@H]2C5. The molecular weight excluding hydrogens is 370 g/mol. The molecule has 5 atom stereocenters. The Morgan fingerprint density at radius 3 is 2.97 bits per heavy atom. The molecule has 1 spiro atoms. The standard InChI is InChI=1S/C23H27NO5/c1-2-11-28-23-8-7-17(26)21-22(23)9-10-24(27,13-14-3-4-14)18(23)12-15-5-6-16(25)20(29-21)19(15)22/h2,5-6,14,18,21,25H,1,3-4,7-13H2/t18-,21+,22?,23-,24?/m1/s1. The predicted octanol–water partition coefficient (Wildman–Crippen LogP) is 2.75. The van der Waals surface area contributed by atoms with Gasteiger partial charge in [0.2, 0.25) is 0 Å². The summed E-state index contributed by atoms with van der Waals surface area (Å²) >= 11 is 0. The molecule has 2 bridgehead atoms. The Morgan fingerprint density at radius 1 is 1.38 bits per heavy atom. The van der Waals surface area contributed by atoms with Gasteiger partial charge in [-0.3, -0.25) is 4.79 Å². The third-order valence-electron chi connectivity index (χ3n) is 8.27. The molecule has 29 heavy (non-hydrogen) atoms. The van der Waals surface area contributed by atoms with E-state index < -0.39 is 17.1 Å². The van der Waals surface area contributed by atoms with Crippen LogP contribution in [0.2, 0.25) is 0 Å². The number of piperidine rings is 1. The molecule has 1 aromatic rings. The minimum atomic E-state index is -0.763. The maximum Gasteiger partial charge on any atom is 0.174 e. The molecule has 3 fully saturated rings. The van der Waals surface area contributed by atoms with Gasteiger partial charge in [-0.05, 0) is 30.9 Å². The molecule has 6 nitrogen and oxygen atoms in total. The Labute approximate surface area is 170 Å². The van der Waals surface area contributed by atoms with Crippen LogP contribution in [-0.2, 0) is 21.4 Å². The van der Waals surface area contributed by atoms with Crippen molar-refractivity contribution in [3.63, 3.8) is 0 Å². The first-order valence-electron chi connectivity index (χ1n) is 10.8. The lowest BCUT2D eigenvalue weighted by atomic mass is 9.48. The number of hydrogen-bond donors (Lipinski definition) is 1. The molecule has 1 N–H and O–H groups in total. The van der Waals surface area contributed by atoms with Crippen LogP contribution in [0.25, 0.3) is 0 Å². The third kappa shape index (κ3) is 2.05. The van der Waals surface area contributed by atoms with Gasteiger partial charge in [-0.15, -0.1) is 6.58 Å². The number of carbonyl (C=O) groups excluding carboxylic acids is 1. The first-order valence-corrected chi connectivity index (χ1v) is 10.8. The van der Waals surface area contributed by atoms with Gasteiger partial charge in [-0.25, -0.2) is 0 Å². The van der Waals surface area contributed by atoms with Crippen LogP contribution in [0.4, 0.5) is 0 Å². The van der Waals surface area contributed by atoms with Crippen LogP contribution in [-0.4, -0.2) is 53.0 Å². The number of aromatic hydroxyl groups is 1. The molecule has 6 rings (SSSR count). The number of quaternary nitrogens is 1. The summed E-state index contributed by atoms with van der Waals surface area (Å²) in [6.07, 6.45) is 5.35. The van der Waals surface area contributed by atoms with E-state index >= 15 is 0 Å². The first kappa shape index (κ1) is 17.9. The van der Waals surface area contributed by atoms with Crippen LogP contribution in [0.1, 0.15) is 43.2 Å². The molecule has 0 radical (unpaired) electrons. The maximum atomic E-state index is 14.3. The summed E-state index contributed by atoms with van der Waals surface area (Å²) in [5.41, 5.74) is 0.508. The number of likely N-dealkylation sites (tertiary alicyclic amines) is 1. The fraction of sp³-hybridized carbons (Fsp3) is 0.609. The van der Waals surface area contributed by atoms with E-state index in [4.69, 9.17) is 9.47 Å². The smallest absolute Gasteiger partial charge is 0.174 e. The van der Waals surface area contributed by atoms with Crippen molar-refractivity contribution in [1.82, 2.24) is 0 Å². The average molecular weight is 397 g/mol. The molecule has 154 valence electrons. The van der Waals surface area contributed by atoms with Crippen molar-refractivity contribution in [1.29, 1.82) is 0 Å². The first-order chi connectivity index (χ1) is 14.0. The Kier molecular flexibility index (Phi) is 3.48. The van der Waals surface area contributed by atoms with Crippen LogP contribution in [0.15, 0.2) is 24.8 Å². The quantitative estimate of drug-likeness (QED) is 0.470. The second kappa shape index (κ2) is 5.62. The highest BCUT2D eigenvalue weighted by Crippen LogP contribution is 2.67. The maximum absolute atomic E-state index is 14.3. The zero-order chi connectivity index (χ0) is 20.0. The molecule has 2 heterocycles. The van der Waals surface area contributed by atoms with Gasteiger partial charge in [0.1, 0.15) is 11.6 Å². The zero-order valence-electron chi connectivity index (χ0n) is 16.6. The topological polar surface area (TPSA) is 78.8 Å². The van der Waals surface area contributed by atoms with Crippen LogP contribution in [0.5, 0.6) is 11.5 Å². The summed E-state index contributed by atoms with van der Waals surface area (Å²) in [7, 11) is 0. The summed E-state index contributed by atoms with van der Waals surface area (Å²) in [5, 5.41) is 24.8. The Hall–Kier alpha value is -1.89. The summed E-state index contributed by atoms with van der Waals surface area (Å²) < 4.78 is 12.5. The largest absolute Gasteiger partial charge is 0.632 e. The number of phenols is 1.